The molecule has 1 amide bonds. The third-order valence-electron chi connectivity index (χ3n) is 3.71. The number of rotatable bonds is 4. The molecule has 1 aliphatic rings. The van der Waals surface area contributed by atoms with Crippen LogP contribution in [0.4, 0.5) is 0 Å². The zero-order valence-electron chi connectivity index (χ0n) is 12.5. The van der Waals surface area contributed by atoms with Crippen molar-refractivity contribution in [2.75, 3.05) is 13.7 Å². The predicted octanol–water partition coefficient (Wildman–Crippen LogP) is 1.67. The van der Waals surface area contributed by atoms with Gasteiger partial charge < -0.3 is 15.2 Å². The largest absolute Gasteiger partial charge is 0.481 e. The van der Waals surface area contributed by atoms with Crippen molar-refractivity contribution in [2.45, 2.75) is 25.3 Å². The highest BCUT2D eigenvalue weighted by Crippen LogP contribution is 2.25. The molecule has 0 saturated heterocycles. The summed E-state index contributed by atoms with van der Waals surface area (Å²) in [5.74, 6) is 4.48. The maximum atomic E-state index is 12.1. The third kappa shape index (κ3) is 4.34. The van der Waals surface area contributed by atoms with E-state index in [1.807, 2.05) is 0 Å². The Morgan fingerprint density at radius 3 is 2.64 bits per heavy atom. The molecule has 5 nitrogen and oxygen atoms in total. The summed E-state index contributed by atoms with van der Waals surface area (Å²) in [4.78, 5) is 23.0. The number of ether oxygens (including phenoxy) is 1. The van der Waals surface area contributed by atoms with Crippen LogP contribution in [0.25, 0.3) is 0 Å². The van der Waals surface area contributed by atoms with Crippen molar-refractivity contribution in [2.24, 2.45) is 5.92 Å². The Kier molecular flexibility index (Phi) is 5.56. The van der Waals surface area contributed by atoms with Crippen molar-refractivity contribution < 1.29 is 19.4 Å². The lowest BCUT2D eigenvalue weighted by molar-refractivity contribution is -0.141. The first-order valence-electron chi connectivity index (χ1n) is 7.21. The van der Waals surface area contributed by atoms with Gasteiger partial charge in [0.2, 0.25) is 0 Å². The summed E-state index contributed by atoms with van der Waals surface area (Å²) in [6.07, 6.45) is 1.83. The van der Waals surface area contributed by atoms with Crippen LogP contribution in [0.2, 0.25) is 0 Å². The summed E-state index contributed by atoms with van der Waals surface area (Å²) >= 11 is 0. The number of methoxy groups -OCH3 is 1. The summed E-state index contributed by atoms with van der Waals surface area (Å²) in [6, 6.07) is 6.94. The van der Waals surface area contributed by atoms with Crippen molar-refractivity contribution in [1.82, 2.24) is 5.32 Å². The summed E-state index contributed by atoms with van der Waals surface area (Å²) < 4.78 is 4.85. The molecule has 0 spiro atoms. The topological polar surface area (TPSA) is 75.6 Å². The number of hydrogen-bond donors (Lipinski definition) is 2. The first-order valence-corrected chi connectivity index (χ1v) is 7.21. The number of carbonyl (C=O) groups is 2. The van der Waals surface area contributed by atoms with Gasteiger partial charge in [-0.3, -0.25) is 9.59 Å². The van der Waals surface area contributed by atoms with Crippen molar-refractivity contribution in [3.63, 3.8) is 0 Å². The van der Waals surface area contributed by atoms with Gasteiger partial charge in [-0.1, -0.05) is 11.8 Å². The number of nitrogens with one attached hydrogen (secondary N) is 1. The molecule has 0 aliphatic heterocycles. The van der Waals surface area contributed by atoms with Crippen molar-refractivity contribution >= 4 is 11.9 Å². The molecule has 1 fully saturated rings. The molecule has 116 valence electrons. The maximum absolute atomic E-state index is 12.1. The first kappa shape index (κ1) is 16.1. The average molecular weight is 301 g/mol. The Hall–Kier alpha value is -2.32. The number of amides is 1. The number of carboxylic acids is 1. The third-order valence-corrected chi connectivity index (χ3v) is 3.71. The van der Waals surface area contributed by atoms with E-state index in [0.29, 0.717) is 31.4 Å². The van der Waals surface area contributed by atoms with Gasteiger partial charge >= 0.3 is 5.97 Å². The molecule has 2 atom stereocenters. The first-order chi connectivity index (χ1) is 10.6. The van der Waals surface area contributed by atoms with Crippen LogP contribution in [0.15, 0.2) is 24.3 Å². The van der Waals surface area contributed by atoms with E-state index >= 15 is 0 Å². The highest BCUT2D eigenvalue weighted by Gasteiger charge is 2.30. The van der Waals surface area contributed by atoms with Gasteiger partial charge in [-0.15, -0.1) is 0 Å². The van der Waals surface area contributed by atoms with Crippen LogP contribution < -0.4 is 5.32 Å². The Labute approximate surface area is 129 Å². The summed E-state index contributed by atoms with van der Waals surface area (Å²) in [5.41, 5.74) is 1.37. The molecule has 2 N–H and O–H groups in total. The molecule has 1 aromatic carbocycles. The summed E-state index contributed by atoms with van der Waals surface area (Å²) in [7, 11) is 1.58. The van der Waals surface area contributed by atoms with Gasteiger partial charge in [0.15, 0.2) is 0 Å². The summed E-state index contributed by atoms with van der Waals surface area (Å²) in [6.45, 7) is 0.370. The molecule has 1 aromatic rings. The lowest BCUT2D eigenvalue weighted by Crippen LogP contribution is -2.33. The SMILES string of the molecule is COCC#Cc1ccc(C(=O)N[C@@H]2CC[C@H](C(=O)O)C2)cc1. The zero-order chi connectivity index (χ0) is 15.9. The minimum absolute atomic E-state index is 0.0604. The normalized spacial score (nSPS) is 20.0. The molecule has 22 heavy (non-hydrogen) atoms. The quantitative estimate of drug-likeness (QED) is 0.830. The van der Waals surface area contributed by atoms with Gasteiger partial charge in [0, 0.05) is 24.3 Å². The minimum Gasteiger partial charge on any atom is -0.481 e. The van der Waals surface area contributed by atoms with Crippen LogP contribution in [-0.4, -0.2) is 36.7 Å². The molecule has 2 rings (SSSR count). The highest BCUT2D eigenvalue weighted by atomic mass is 16.5. The molecule has 0 heterocycles. The Morgan fingerprint density at radius 2 is 2.05 bits per heavy atom. The van der Waals surface area contributed by atoms with E-state index in [4.69, 9.17) is 9.84 Å². The molecule has 0 bridgehead atoms. The van der Waals surface area contributed by atoms with E-state index in [1.54, 1.807) is 31.4 Å². The lowest BCUT2D eigenvalue weighted by atomic mass is 10.1. The zero-order valence-corrected chi connectivity index (χ0v) is 12.5. The van der Waals surface area contributed by atoms with E-state index in [1.165, 1.54) is 0 Å². The average Bonchev–Trinajstić information content (AvgIpc) is 2.97. The van der Waals surface area contributed by atoms with Gasteiger partial charge in [0.1, 0.15) is 6.61 Å². The van der Waals surface area contributed by atoms with E-state index < -0.39 is 5.97 Å². The monoisotopic (exact) mass is 301 g/mol. The predicted molar refractivity (Wildman–Crippen MR) is 81.4 cm³/mol. The van der Waals surface area contributed by atoms with E-state index in [0.717, 1.165) is 5.56 Å². The van der Waals surface area contributed by atoms with Crippen LogP contribution in [0, 0.1) is 17.8 Å². The van der Waals surface area contributed by atoms with Gasteiger partial charge in [-0.05, 0) is 43.5 Å². The van der Waals surface area contributed by atoms with Crippen LogP contribution in [0.5, 0.6) is 0 Å². The molecule has 1 saturated carbocycles. The Balaban J connectivity index is 1.91. The van der Waals surface area contributed by atoms with Gasteiger partial charge in [0.25, 0.3) is 5.91 Å². The van der Waals surface area contributed by atoms with Crippen LogP contribution in [0.3, 0.4) is 0 Å². The van der Waals surface area contributed by atoms with Crippen molar-refractivity contribution in [3.8, 4) is 11.8 Å². The fourth-order valence-corrected chi connectivity index (χ4v) is 2.52. The fourth-order valence-electron chi connectivity index (χ4n) is 2.52. The van der Waals surface area contributed by atoms with Crippen LogP contribution in [-0.2, 0) is 9.53 Å². The van der Waals surface area contributed by atoms with Gasteiger partial charge in [0.05, 0.1) is 5.92 Å². The van der Waals surface area contributed by atoms with Gasteiger partial charge in [-0.25, -0.2) is 0 Å². The molecule has 0 unspecified atom stereocenters. The smallest absolute Gasteiger partial charge is 0.306 e. The lowest BCUT2D eigenvalue weighted by Gasteiger charge is -2.12. The maximum Gasteiger partial charge on any atom is 0.306 e. The number of benzene rings is 1. The highest BCUT2D eigenvalue weighted by molar-refractivity contribution is 5.94. The Morgan fingerprint density at radius 1 is 1.32 bits per heavy atom. The number of aliphatic carboxylic acids is 1. The number of carboxylic acid groups (broad SMARTS) is 1. The molecule has 5 heteroatoms. The van der Waals surface area contributed by atoms with Crippen LogP contribution in [0.1, 0.15) is 35.2 Å². The molecule has 1 aliphatic carbocycles. The van der Waals surface area contributed by atoms with Crippen molar-refractivity contribution in [3.05, 3.63) is 35.4 Å². The van der Waals surface area contributed by atoms with Crippen LogP contribution >= 0.6 is 0 Å². The second-order valence-electron chi connectivity index (χ2n) is 5.33. The summed E-state index contributed by atoms with van der Waals surface area (Å²) in [5, 5.41) is 11.9. The van der Waals surface area contributed by atoms with E-state index in [2.05, 4.69) is 17.2 Å². The van der Waals surface area contributed by atoms with Gasteiger partial charge in [-0.2, -0.15) is 0 Å². The van der Waals surface area contributed by atoms with Crippen molar-refractivity contribution in [1.29, 1.82) is 0 Å². The second kappa shape index (κ2) is 7.62. The molecule has 0 aromatic heterocycles. The second-order valence-corrected chi connectivity index (χ2v) is 5.33. The standard InChI is InChI=1S/C17H19NO4/c1-22-10-2-3-12-4-6-13(7-5-12)16(19)18-15-9-8-14(11-15)17(20)21/h4-7,14-15H,8-11H2,1H3,(H,18,19)(H,20,21)/t14-,15+/m0/s1. The fraction of sp³-hybridized carbons (Fsp3) is 0.412. The van der Waals surface area contributed by atoms with E-state index in [-0.39, 0.29) is 17.9 Å². The van der Waals surface area contributed by atoms with E-state index in [9.17, 15) is 9.59 Å². The minimum atomic E-state index is -0.782. The number of carbonyl (C=O) groups excluding carboxylic acids is 1. The number of hydrogen-bond acceptors (Lipinski definition) is 3. The Bertz CT molecular complexity index is 597. The molecule has 0 radical (unpaired) electrons. The molecular weight excluding hydrogens is 282 g/mol. The molecular formula is C17H19NO4.